The average Bonchev–Trinajstić information content (AvgIpc) is 2.57. The first-order valence-corrected chi connectivity index (χ1v) is 6.72. The first-order valence-electron chi connectivity index (χ1n) is 6.72. The molecule has 0 N–H and O–H groups in total. The maximum atomic E-state index is 11.9. The number of esters is 4. The van der Waals surface area contributed by atoms with Crippen molar-refractivity contribution in [3.8, 4) is 0 Å². The molecule has 1 aliphatic rings. The summed E-state index contributed by atoms with van der Waals surface area (Å²) in [5.41, 5.74) is 0. The molecule has 1 saturated carbocycles. The molecule has 8 nitrogen and oxygen atoms in total. The van der Waals surface area contributed by atoms with E-state index in [1.54, 1.807) is 0 Å². The van der Waals surface area contributed by atoms with Crippen molar-refractivity contribution in [2.24, 2.45) is 23.7 Å². The highest BCUT2D eigenvalue weighted by atomic mass is 16.5. The van der Waals surface area contributed by atoms with Gasteiger partial charge in [0.15, 0.2) is 0 Å². The average molecular weight is 316 g/mol. The van der Waals surface area contributed by atoms with E-state index in [1.807, 2.05) is 0 Å². The predicted octanol–water partition coefficient (Wildman–Crippen LogP) is -0.0630. The van der Waals surface area contributed by atoms with Crippen molar-refractivity contribution in [2.75, 3.05) is 28.4 Å². The van der Waals surface area contributed by atoms with Crippen LogP contribution in [-0.4, -0.2) is 52.3 Å². The van der Waals surface area contributed by atoms with Crippen LogP contribution >= 0.6 is 0 Å². The van der Waals surface area contributed by atoms with E-state index in [-0.39, 0.29) is 12.8 Å². The minimum absolute atomic E-state index is 0.0428. The molecule has 0 spiro atoms. The summed E-state index contributed by atoms with van der Waals surface area (Å²) in [6.45, 7) is 0. The summed E-state index contributed by atoms with van der Waals surface area (Å²) in [6.07, 6.45) is -0.0856. The number of methoxy groups -OCH3 is 4. The van der Waals surface area contributed by atoms with E-state index in [9.17, 15) is 19.2 Å². The summed E-state index contributed by atoms with van der Waals surface area (Å²) in [4.78, 5) is 47.6. The molecule has 0 bridgehead atoms. The van der Waals surface area contributed by atoms with Crippen LogP contribution in [0.15, 0.2) is 0 Å². The predicted molar refractivity (Wildman–Crippen MR) is 71.3 cm³/mol. The van der Waals surface area contributed by atoms with Crippen LogP contribution in [0.25, 0.3) is 0 Å². The summed E-state index contributed by atoms with van der Waals surface area (Å²) in [5.74, 6) is -6.02. The third kappa shape index (κ3) is 3.55. The summed E-state index contributed by atoms with van der Waals surface area (Å²) in [5, 5.41) is 0. The molecule has 0 aliphatic heterocycles. The summed E-state index contributed by atoms with van der Waals surface area (Å²) >= 11 is 0. The Hall–Kier alpha value is -2.12. The van der Waals surface area contributed by atoms with Gasteiger partial charge in [0.05, 0.1) is 52.1 Å². The van der Waals surface area contributed by atoms with Crippen LogP contribution in [0.3, 0.4) is 0 Å². The van der Waals surface area contributed by atoms with Crippen LogP contribution in [0.1, 0.15) is 12.8 Å². The van der Waals surface area contributed by atoms with Crippen molar-refractivity contribution < 1.29 is 38.1 Å². The van der Waals surface area contributed by atoms with E-state index in [4.69, 9.17) is 0 Å². The molecule has 0 aromatic rings. The van der Waals surface area contributed by atoms with E-state index in [0.29, 0.717) is 0 Å². The molecule has 8 heteroatoms. The lowest BCUT2D eigenvalue weighted by Gasteiger charge is -2.36. The summed E-state index contributed by atoms with van der Waals surface area (Å²) in [7, 11) is 4.76. The van der Waals surface area contributed by atoms with Crippen LogP contribution in [0.4, 0.5) is 0 Å². The normalized spacial score (nSPS) is 27.5. The Morgan fingerprint density at radius 2 is 0.727 bits per heavy atom. The van der Waals surface area contributed by atoms with Gasteiger partial charge in [-0.3, -0.25) is 19.2 Å². The number of hydrogen-bond donors (Lipinski definition) is 0. The van der Waals surface area contributed by atoms with E-state index in [1.165, 1.54) is 28.4 Å². The number of hydrogen-bond acceptors (Lipinski definition) is 8. The highest BCUT2D eigenvalue weighted by Crippen LogP contribution is 2.40. The largest absolute Gasteiger partial charge is 0.469 e. The second-order valence-corrected chi connectivity index (χ2v) is 4.99. The molecule has 22 heavy (non-hydrogen) atoms. The van der Waals surface area contributed by atoms with Crippen molar-refractivity contribution >= 4 is 23.9 Å². The topological polar surface area (TPSA) is 105 Å². The Labute approximate surface area is 128 Å². The molecule has 0 amide bonds. The van der Waals surface area contributed by atoms with Crippen LogP contribution < -0.4 is 0 Å². The maximum absolute atomic E-state index is 11.9. The highest BCUT2D eigenvalue weighted by molar-refractivity contribution is 5.87. The SMILES string of the molecule is COC(=O)[C@H]1C[C@H](C(=O)OC)[C@H](C(=O)OC)C[C@@H]1C(=O)OC. The third-order valence-corrected chi connectivity index (χ3v) is 4.00. The number of carbonyl (C=O) groups excluding carboxylic acids is 4. The first-order chi connectivity index (χ1) is 10.4. The fourth-order valence-electron chi connectivity index (χ4n) is 2.85. The highest BCUT2D eigenvalue weighted by Gasteiger charge is 2.50. The second kappa shape index (κ2) is 7.77. The van der Waals surface area contributed by atoms with Crippen molar-refractivity contribution in [3.63, 3.8) is 0 Å². The second-order valence-electron chi connectivity index (χ2n) is 4.99. The smallest absolute Gasteiger partial charge is 0.309 e. The monoisotopic (exact) mass is 316 g/mol. The van der Waals surface area contributed by atoms with Gasteiger partial charge in [-0.1, -0.05) is 0 Å². The maximum Gasteiger partial charge on any atom is 0.309 e. The van der Waals surface area contributed by atoms with E-state index < -0.39 is 47.5 Å². The molecule has 124 valence electrons. The lowest BCUT2D eigenvalue weighted by atomic mass is 9.68. The molecule has 1 rings (SSSR count). The molecule has 0 aromatic carbocycles. The van der Waals surface area contributed by atoms with E-state index in [2.05, 4.69) is 18.9 Å². The fourth-order valence-corrected chi connectivity index (χ4v) is 2.85. The van der Waals surface area contributed by atoms with Gasteiger partial charge in [0.1, 0.15) is 0 Å². The Morgan fingerprint density at radius 3 is 0.864 bits per heavy atom. The molecule has 1 aliphatic carbocycles. The first kappa shape index (κ1) is 17.9. The van der Waals surface area contributed by atoms with Crippen molar-refractivity contribution in [2.45, 2.75) is 12.8 Å². The molecule has 0 heterocycles. The van der Waals surface area contributed by atoms with Crippen LogP contribution in [0.5, 0.6) is 0 Å². The molecular formula is C14H20O8. The van der Waals surface area contributed by atoms with Crippen LogP contribution in [0, 0.1) is 23.7 Å². The lowest BCUT2D eigenvalue weighted by Crippen LogP contribution is -2.46. The molecule has 0 unspecified atom stereocenters. The Balaban J connectivity index is 3.15. The fraction of sp³-hybridized carbons (Fsp3) is 0.714. The van der Waals surface area contributed by atoms with Gasteiger partial charge in [-0.2, -0.15) is 0 Å². The van der Waals surface area contributed by atoms with Crippen LogP contribution in [-0.2, 0) is 38.1 Å². The summed E-state index contributed by atoms with van der Waals surface area (Å²) < 4.78 is 18.7. The van der Waals surface area contributed by atoms with Gasteiger partial charge in [-0.15, -0.1) is 0 Å². The van der Waals surface area contributed by atoms with Crippen LogP contribution in [0.2, 0.25) is 0 Å². The van der Waals surface area contributed by atoms with Gasteiger partial charge in [0.25, 0.3) is 0 Å². The van der Waals surface area contributed by atoms with Gasteiger partial charge in [-0.05, 0) is 12.8 Å². The van der Waals surface area contributed by atoms with Crippen molar-refractivity contribution in [1.82, 2.24) is 0 Å². The van der Waals surface area contributed by atoms with Gasteiger partial charge in [-0.25, -0.2) is 0 Å². The van der Waals surface area contributed by atoms with E-state index in [0.717, 1.165) is 0 Å². The quantitative estimate of drug-likeness (QED) is 0.524. The molecule has 4 atom stereocenters. The van der Waals surface area contributed by atoms with Crippen molar-refractivity contribution in [3.05, 3.63) is 0 Å². The van der Waals surface area contributed by atoms with Gasteiger partial charge >= 0.3 is 23.9 Å². The lowest BCUT2D eigenvalue weighted by molar-refractivity contribution is -0.172. The number of carbonyl (C=O) groups is 4. The van der Waals surface area contributed by atoms with E-state index >= 15 is 0 Å². The van der Waals surface area contributed by atoms with Gasteiger partial charge < -0.3 is 18.9 Å². The molecular weight excluding hydrogens is 296 g/mol. The number of rotatable bonds is 4. The number of ether oxygens (including phenoxy) is 4. The minimum Gasteiger partial charge on any atom is -0.469 e. The molecule has 0 aromatic heterocycles. The Bertz CT molecular complexity index is 376. The van der Waals surface area contributed by atoms with Crippen molar-refractivity contribution in [1.29, 1.82) is 0 Å². The zero-order valence-corrected chi connectivity index (χ0v) is 13.0. The van der Waals surface area contributed by atoms with Gasteiger partial charge in [0, 0.05) is 0 Å². The standard InChI is InChI=1S/C14H20O8/c1-19-11(15)7-5-9(13(17)21-3)10(14(18)22-4)6-8(7)12(16)20-2/h7-10H,5-6H2,1-4H3/t7-,8-,9-,10+/m0/s1. The Morgan fingerprint density at radius 1 is 0.545 bits per heavy atom. The van der Waals surface area contributed by atoms with Gasteiger partial charge in [0.2, 0.25) is 0 Å². The minimum atomic E-state index is -0.873. The third-order valence-electron chi connectivity index (χ3n) is 4.00. The molecule has 1 fully saturated rings. The Kier molecular flexibility index (Phi) is 6.33. The zero-order chi connectivity index (χ0) is 16.9. The zero-order valence-electron chi connectivity index (χ0n) is 13.0. The summed E-state index contributed by atoms with van der Waals surface area (Å²) in [6, 6.07) is 0. The molecule has 0 radical (unpaired) electrons. The molecule has 0 saturated heterocycles.